The summed E-state index contributed by atoms with van der Waals surface area (Å²) in [5.74, 6) is 0.212. The van der Waals surface area contributed by atoms with Crippen LogP contribution < -0.4 is 40.7 Å². The number of amides is 3. The van der Waals surface area contributed by atoms with Crippen LogP contribution in [0.15, 0.2) is 59.2 Å². The molecule has 0 radical (unpaired) electrons. The highest BCUT2D eigenvalue weighted by molar-refractivity contribution is 9.10. The van der Waals surface area contributed by atoms with Gasteiger partial charge in [0.25, 0.3) is 0 Å². The largest absolute Gasteiger partial charge is 0.492 e. The standard InChI is InChI=1S/C52H66BrFN11O5P/c1-8-33-28-42(58-52-55-31-39(53)50(60-52)57-41-14-13-40-38(49(41)71(6,7)69)12-11-36(9-2)56-40)46(70-10-3)30-44(33)64-21-18-37(19-22-64)63-25-23-62(24-26-63)20-17-34-27-35(54)29-45(48(34)61(4)5)65(32-66)43-15-16-47(67)59-51(43)68/h11-14,27-32,37,43H,8-10,15-26H2,1-7H3,(H,59,67,68)(H2,55,57,58,60). The first-order valence-electron chi connectivity index (χ1n) is 24.7. The Bertz CT molecular complexity index is 2830. The molecular weight excluding hydrogens is 989 g/mol. The number of pyridine rings is 1. The van der Waals surface area contributed by atoms with E-state index in [1.165, 1.54) is 28.3 Å². The van der Waals surface area contributed by atoms with Gasteiger partial charge in [0.15, 0.2) is 0 Å². The van der Waals surface area contributed by atoms with Crippen LogP contribution >= 0.6 is 23.1 Å². The van der Waals surface area contributed by atoms with Crippen LogP contribution in [0.25, 0.3) is 10.9 Å². The molecule has 1 unspecified atom stereocenters. The van der Waals surface area contributed by atoms with Gasteiger partial charge in [-0.15, -0.1) is 0 Å². The van der Waals surface area contributed by atoms with E-state index in [4.69, 9.17) is 14.7 Å². The van der Waals surface area contributed by atoms with E-state index in [1.54, 1.807) is 19.5 Å². The van der Waals surface area contributed by atoms with Gasteiger partial charge in [0.1, 0.15) is 30.6 Å². The molecule has 3 saturated heterocycles. The fraction of sp³-hybridized carbons (Fsp3) is 0.462. The molecule has 0 saturated carbocycles. The number of nitrogens with zero attached hydrogens (tertiary/aromatic N) is 8. The molecule has 3 fully saturated rings. The number of fused-ring (bicyclic) bond motifs is 1. The highest BCUT2D eigenvalue weighted by Gasteiger charge is 2.35. The first kappa shape index (κ1) is 51.7. The zero-order valence-corrected chi connectivity index (χ0v) is 44.3. The van der Waals surface area contributed by atoms with Gasteiger partial charge >= 0.3 is 0 Å². The number of imide groups is 1. The average Bonchev–Trinajstić information content (AvgIpc) is 3.35. The molecule has 3 aliphatic heterocycles. The van der Waals surface area contributed by atoms with Crippen molar-refractivity contribution in [3.8, 4) is 5.75 Å². The number of carbonyl (C=O) groups is 3. The molecule has 5 aromatic rings. The smallest absolute Gasteiger partial charge is 0.249 e. The van der Waals surface area contributed by atoms with E-state index < -0.39 is 24.9 Å². The molecule has 3 aliphatic rings. The number of carbonyl (C=O) groups excluding carboxylic acids is 3. The van der Waals surface area contributed by atoms with E-state index in [0.29, 0.717) is 58.8 Å². The van der Waals surface area contributed by atoms with Gasteiger partial charge in [-0.1, -0.05) is 19.9 Å². The average molecular weight is 1060 g/mol. The number of aryl methyl sites for hydroxylation is 2. The van der Waals surface area contributed by atoms with E-state index in [9.17, 15) is 18.9 Å². The lowest BCUT2D eigenvalue weighted by Crippen LogP contribution is -2.53. The van der Waals surface area contributed by atoms with Crippen LogP contribution in [0.2, 0.25) is 0 Å². The quantitative estimate of drug-likeness (QED) is 0.0441. The maximum atomic E-state index is 15.2. The van der Waals surface area contributed by atoms with Gasteiger partial charge in [-0.05, 0) is 122 Å². The van der Waals surface area contributed by atoms with Crippen LogP contribution in [0.4, 0.5) is 44.6 Å². The van der Waals surface area contributed by atoms with Crippen LogP contribution in [-0.2, 0) is 38.2 Å². The topological polar surface area (TPSA) is 168 Å². The van der Waals surface area contributed by atoms with Crippen molar-refractivity contribution in [2.24, 2.45) is 0 Å². The Balaban J connectivity index is 0.900. The number of nitrogens with one attached hydrogen (secondary N) is 3. The zero-order chi connectivity index (χ0) is 50.6. The number of piperidine rings is 2. The SMILES string of the molecule is CCOc1cc(N2CCC(N3CCN(CCc4cc(F)cc(N(C=O)C5CCC(=O)NC5=O)c4N(C)C)CC3)CC2)c(CC)cc1Nc1ncc(Br)c(Nc2ccc3nc(CC)ccc3c2P(C)(C)=O)n1. The summed E-state index contributed by atoms with van der Waals surface area (Å²) in [6.45, 7) is 16.5. The molecule has 0 aliphatic carbocycles. The third kappa shape index (κ3) is 11.7. The number of hydrogen-bond acceptors (Lipinski definition) is 14. The molecule has 3 N–H and O–H groups in total. The Morgan fingerprint density at radius 2 is 1.68 bits per heavy atom. The molecule has 2 aromatic heterocycles. The molecule has 378 valence electrons. The summed E-state index contributed by atoms with van der Waals surface area (Å²) >= 11 is 3.64. The minimum atomic E-state index is -2.76. The fourth-order valence-electron chi connectivity index (χ4n) is 10.3. The van der Waals surface area contributed by atoms with Crippen LogP contribution in [0.1, 0.15) is 63.3 Å². The van der Waals surface area contributed by atoms with Gasteiger partial charge in [0.05, 0.1) is 39.3 Å². The van der Waals surface area contributed by atoms with Crippen molar-refractivity contribution in [2.75, 3.05) is 105 Å². The van der Waals surface area contributed by atoms with Crippen molar-refractivity contribution < 1.29 is 28.1 Å². The molecule has 1 atom stereocenters. The van der Waals surface area contributed by atoms with Gasteiger partial charge in [0, 0.05) is 107 Å². The molecule has 3 amide bonds. The van der Waals surface area contributed by atoms with Crippen molar-refractivity contribution in [2.45, 2.75) is 77.8 Å². The van der Waals surface area contributed by atoms with Gasteiger partial charge < -0.3 is 39.5 Å². The monoisotopic (exact) mass is 1050 g/mol. The second-order valence-electron chi connectivity index (χ2n) is 19.1. The van der Waals surface area contributed by atoms with Crippen LogP contribution in [0.3, 0.4) is 0 Å². The summed E-state index contributed by atoms with van der Waals surface area (Å²) in [6.07, 6.45) is 6.82. The van der Waals surface area contributed by atoms with Crippen molar-refractivity contribution in [1.82, 2.24) is 30.1 Å². The number of ether oxygens (including phenoxy) is 1. The summed E-state index contributed by atoms with van der Waals surface area (Å²) < 4.78 is 35.9. The van der Waals surface area contributed by atoms with Gasteiger partial charge in [0.2, 0.25) is 24.2 Å². The summed E-state index contributed by atoms with van der Waals surface area (Å²) in [5.41, 5.74) is 7.39. The third-order valence-electron chi connectivity index (χ3n) is 13.9. The second-order valence-corrected chi connectivity index (χ2v) is 23.1. The highest BCUT2D eigenvalue weighted by Crippen LogP contribution is 2.43. The molecule has 71 heavy (non-hydrogen) atoms. The predicted octanol–water partition coefficient (Wildman–Crippen LogP) is 7.85. The number of rotatable bonds is 18. The van der Waals surface area contributed by atoms with Crippen molar-refractivity contribution >= 4 is 97.7 Å². The molecule has 19 heteroatoms. The maximum Gasteiger partial charge on any atom is 0.249 e. The Morgan fingerprint density at radius 1 is 0.915 bits per heavy atom. The van der Waals surface area contributed by atoms with Gasteiger partial charge in [-0.25, -0.2) is 9.37 Å². The Hall–Kier alpha value is -5.68. The number of aromatic nitrogens is 3. The molecule has 5 heterocycles. The van der Waals surface area contributed by atoms with Crippen molar-refractivity contribution in [3.05, 3.63) is 81.8 Å². The molecule has 3 aromatic carbocycles. The molecule has 0 bridgehead atoms. The zero-order valence-electron chi connectivity index (χ0n) is 41.9. The summed E-state index contributed by atoms with van der Waals surface area (Å²) in [6, 6.07) is 14.6. The molecule has 0 spiro atoms. The lowest BCUT2D eigenvalue weighted by molar-refractivity contribution is -0.134. The lowest BCUT2D eigenvalue weighted by atomic mass is 9.99. The summed E-state index contributed by atoms with van der Waals surface area (Å²) in [5, 5.41) is 10.8. The second kappa shape index (κ2) is 22.4. The Labute approximate surface area is 424 Å². The summed E-state index contributed by atoms with van der Waals surface area (Å²) in [4.78, 5) is 61.9. The van der Waals surface area contributed by atoms with Gasteiger partial charge in [-0.3, -0.25) is 29.6 Å². The highest BCUT2D eigenvalue weighted by atomic mass is 79.9. The van der Waals surface area contributed by atoms with Crippen LogP contribution in [-0.4, -0.2) is 135 Å². The number of halogens is 2. The number of benzene rings is 3. The van der Waals surface area contributed by atoms with E-state index in [0.717, 1.165) is 110 Å². The van der Waals surface area contributed by atoms with Crippen molar-refractivity contribution in [3.63, 3.8) is 0 Å². The molecule has 8 rings (SSSR count). The normalized spacial score (nSPS) is 17.3. The van der Waals surface area contributed by atoms with Crippen LogP contribution in [0, 0.1) is 5.82 Å². The first-order chi connectivity index (χ1) is 34.1. The predicted molar refractivity (Wildman–Crippen MR) is 286 cm³/mol. The molecular formula is C52H66BrFN11O5P. The Kier molecular flexibility index (Phi) is 16.3. The third-order valence-corrected chi connectivity index (χ3v) is 16.0. The minimum Gasteiger partial charge on any atom is -0.492 e. The van der Waals surface area contributed by atoms with E-state index in [1.807, 2.05) is 50.2 Å². The lowest BCUT2D eigenvalue weighted by Gasteiger charge is -2.43. The number of hydrogen-bond donors (Lipinski definition) is 3. The maximum absolute atomic E-state index is 15.2. The Morgan fingerprint density at radius 3 is 2.34 bits per heavy atom. The van der Waals surface area contributed by atoms with E-state index in [-0.39, 0.29) is 18.7 Å². The minimum absolute atomic E-state index is 0.109. The van der Waals surface area contributed by atoms with Crippen LogP contribution in [0.5, 0.6) is 5.75 Å². The number of anilines is 7. The first-order valence-corrected chi connectivity index (χ1v) is 28.1. The van der Waals surface area contributed by atoms with Gasteiger partial charge in [-0.2, -0.15) is 4.98 Å². The van der Waals surface area contributed by atoms with E-state index >= 15 is 4.39 Å². The molecule has 16 nitrogen and oxygen atoms in total. The van der Waals surface area contributed by atoms with E-state index in [2.05, 4.69) is 77.5 Å². The number of piperazine rings is 1. The summed E-state index contributed by atoms with van der Waals surface area (Å²) in [7, 11) is 0.943. The van der Waals surface area contributed by atoms with Crippen molar-refractivity contribution in [1.29, 1.82) is 0 Å². The fourth-order valence-corrected chi connectivity index (χ4v) is 12.1.